The second-order valence-corrected chi connectivity index (χ2v) is 3.70. The molecule has 0 saturated heterocycles. The Morgan fingerprint density at radius 3 is 3.00 bits per heavy atom. The fraction of sp³-hybridized carbons (Fsp3) is 0.250. The van der Waals surface area contributed by atoms with Crippen LogP contribution >= 0.6 is 15.9 Å². The number of hydrogen-bond acceptors (Lipinski definition) is 1. The van der Waals surface area contributed by atoms with E-state index in [1.165, 1.54) is 4.44 Å². The zero-order valence-corrected chi connectivity index (χ0v) is 6.89. The first-order valence-electron chi connectivity index (χ1n) is 1.87. The van der Waals surface area contributed by atoms with E-state index in [9.17, 15) is 0 Å². The minimum absolute atomic E-state index is 0.559. The summed E-state index contributed by atoms with van der Waals surface area (Å²) >= 11 is 3.90. The Morgan fingerprint density at radius 2 is 2.71 bits per heavy atom. The SMILES string of the molecule is BrCc1cnc[se]1. The Hall–Kier alpha value is 0.409. The van der Waals surface area contributed by atoms with Gasteiger partial charge in [0, 0.05) is 0 Å². The van der Waals surface area contributed by atoms with E-state index in [4.69, 9.17) is 0 Å². The van der Waals surface area contributed by atoms with E-state index in [-0.39, 0.29) is 0 Å². The van der Waals surface area contributed by atoms with Crippen molar-refractivity contribution in [2.75, 3.05) is 0 Å². The first-order chi connectivity index (χ1) is 3.43. The predicted molar refractivity (Wildman–Crippen MR) is 33.8 cm³/mol. The van der Waals surface area contributed by atoms with Crippen molar-refractivity contribution < 1.29 is 0 Å². The van der Waals surface area contributed by atoms with Crippen molar-refractivity contribution in [3.8, 4) is 0 Å². The van der Waals surface area contributed by atoms with Crippen molar-refractivity contribution in [2.45, 2.75) is 5.33 Å². The molecule has 38 valence electrons. The van der Waals surface area contributed by atoms with Crippen molar-refractivity contribution in [3.63, 3.8) is 0 Å². The van der Waals surface area contributed by atoms with E-state index in [2.05, 4.69) is 20.9 Å². The van der Waals surface area contributed by atoms with Crippen LogP contribution in [-0.4, -0.2) is 19.5 Å². The molecule has 0 amide bonds. The zero-order valence-electron chi connectivity index (χ0n) is 3.60. The van der Waals surface area contributed by atoms with Crippen LogP contribution in [0.5, 0.6) is 0 Å². The molecular formula is C4H4BrNSe. The summed E-state index contributed by atoms with van der Waals surface area (Å²) in [4.78, 5) is 3.95. The van der Waals surface area contributed by atoms with Gasteiger partial charge < -0.3 is 0 Å². The molecule has 0 saturated carbocycles. The molecule has 0 aromatic carbocycles. The summed E-state index contributed by atoms with van der Waals surface area (Å²) in [5.41, 5.74) is 0. The summed E-state index contributed by atoms with van der Waals surface area (Å²) in [5, 5.41) is 2.97. The van der Waals surface area contributed by atoms with Gasteiger partial charge in [-0.3, -0.25) is 0 Å². The van der Waals surface area contributed by atoms with Crippen molar-refractivity contribution in [1.82, 2.24) is 4.98 Å². The second-order valence-electron chi connectivity index (χ2n) is 1.10. The van der Waals surface area contributed by atoms with Crippen LogP contribution in [0.4, 0.5) is 0 Å². The van der Waals surface area contributed by atoms with Gasteiger partial charge in [-0.1, -0.05) is 0 Å². The Balaban J connectivity index is 2.76. The molecule has 0 aliphatic carbocycles. The van der Waals surface area contributed by atoms with Gasteiger partial charge in [-0.05, 0) is 0 Å². The normalized spacial score (nSPS) is 9.29. The van der Waals surface area contributed by atoms with Gasteiger partial charge in [-0.15, -0.1) is 0 Å². The zero-order chi connectivity index (χ0) is 5.11. The molecule has 0 radical (unpaired) electrons. The third-order valence-corrected chi connectivity index (χ3v) is 3.69. The molecule has 1 heterocycles. The maximum absolute atomic E-state index is 3.95. The number of rotatable bonds is 1. The average molecular weight is 225 g/mol. The Kier molecular flexibility index (Phi) is 2.10. The van der Waals surface area contributed by atoms with Gasteiger partial charge >= 0.3 is 56.5 Å². The summed E-state index contributed by atoms with van der Waals surface area (Å²) in [5.74, 6) is 0. The molecule has 1 aromatic heterocycles. The fourth-order valence-electron chi connectivity index (χ4n) is 0.308. The van der Waals surface area contributed by atoms with Crippen LogP contribution in [0.2, 0.25) is 0 Å². The van der Waals surface area contributed by atoms with Gasteiger partial charge in [0.2, 0.25) is 0 Å². The number of nitrogens with zero attached hydrogens (tertiary/aromatic N) is 1. The molecule has 0 bridgehead atoms. The number of hydrogen-bond donors (Lipinski definition) is 0. The van der Waals surface area contributed by atoms with Crippen molar-refractivity contribution in [1.29, 1.82) is 0 Å². The van der Waals surface area contributed by atoms with Crippen LogP contribution in [0.3, 0.4) is 0 Å². The quantitative estimate of drug-likeness (QED) is 0.513. The van der Waals surface area contributed by atoms with E-state index >= 15 is 0 Å². The molecule has 7 heavy (non-hydrogen) atoms. The molecule has 0 spiro atoms. The first kappa shape index (κ1) is 5.54. The van der Waals surface area contributed by atoms with Crippen molar-refractivity contribution >= 4 is 30.4 Å². The summed E-state index contributed by atoms with van der Waals surface area (Å²) < 4.78 is 1.42. The number of aromatic nitrogens is 1. The Bertz CT molecular complexity index is 126. The monoisotopic (exact) mass is 225 g/mol. The van der Waals surface area contributed by atoms with Gasteiger partial charge in [-0.25, -0.2) is 0 Å². The predicted octanol–water partition coefficient (Wildman–Crippen LogP) is 1.03. The summed E-state index contributed by atoms with van der Waals surface area (Å²) in [6.45, 7) is 0. The van der Waals surface area contributed by atoms with E-state index in [1.807, 2.05) is 11.3 Å². The maximum atomic E-state index is 3.95. The van der Waals surface area contributed by atoms with E-state index < -0.39 is 0 Å². The molecule has 0 aliphatic rings. The third kappa shape index (κ3) is 1.41. The second kappa shape index (κ2) is 2.65. The van der Waals surface area contributed by atoms with Gasteiger partial charge in [0.25, 0.3) is 0 Å². The van der Waals surface area contributed by atoms with Crippen LogP contribution < -0.4 is 0 Å². The molecule has 1 aromatic rings. The first-order valence-corrected chi connectivity index (χ1v) is 4.83. The Labute approximate surface area is 56.6 Å². The molecule has 1 rings (SSSR count). The molecular weight excluding hydrogens is 221 g/mol. The summed E-state index contributed by atoms with van der Waals surface area (Å²) in [6.07, 6.45) is 1.93. The summed E-state index contributed by atoms with van der Waals surface area (Å²) in [6, 6.07) is 0. The number of halogens is 1. The minimum atomic E-state index is 0.559. The molecule has 0 atom stereocenters. The van der Waals surface area contributed by atoms with Gasteiger partial charge in [0.05, 0.1) is 0 Å². The topological polar surface area (TPSA) is 12.9 Å². The summed E-state index contributed by atoms with van der Waals surface area (Å²) in [7, 11) is 0. The van der Waals surface area contributed by atoms with Crippen LogP contribution in [0.25, 0.3) is 0 Å². The van der Waals surface area contributed by atoms with Crippen LogP contribution in [0, 0.1) is 0 Å². The van der Waals surface area contributed by atoms with Crippen LogP contribution in [0.15, 0.2) is 11.3 Å². The van der Waals surface area contributed by atoms with Gasteiger partial charge in [0.1, 0.15) is 0 Å². The molecule has 1 nitrogen and oxygen atoms in total. The van der Waals surface area contributed by atoms with Gasteiger partial charge in [0.15, 0.2) is 0 Å². The molecule has 0 aliphatic heterocycles. The molecule has 0 fully saturated rings. The third-order valence-electron chi connectivity index (χ3n) is 0.615. The molecule has 3 heteroatoms. The number of alkyl halides is 1. The molecule has 0 N–H and O–H groups in total. The van der Waals surface area contributed by atoms with Crippen molar-refractivity contribution in [2.24, 2.45) is 0 Å². The van der Waals surface area contributed by atoms with E-state index in [0.717, 1.165) is 5.33 Å². The standard InChI is InChI=1S/C4H4BrNSe/c5-1-4-2-6-3-7-4/h2-3H,1H2. The van der Waals surface area contributed by atoms with Crippen molar-refractivity contribution in [3.05, 3.63) is 15.7 Å². The molecule has 0 unspecified atom stereocenters. The van der Waals surface area contributed by atoms with Gasteiger partial charge in [-0.2, -0.15) is 0 Å². The van der Waals surface area contributed by atoms with Crippen LogP contribution in [-0.2, 0) is 5.33 Å². The fourth-order valence-corrected chi connectivity index (χ4v) is 2.07. The Morgan fingerprint density at radius 1 is 1.86 bits per heavy atom. The van der Waals surface area contributed by atoms with E-state index in [1.54, 1.807) is 0 Å². The average Bonchev–Trinajstić information content (AvgIpc) is 2.14. The van der Waals surface area contributed by atoms with Crippen LogP contribution in [0.1, 0.15) is 4.44 Å². The van der Waals surface area contributed by atoms with E-state index in [0.29, 0.717) is 14.5 Å².